The zero-order valence-corrected chi connectivity index (χ0v) is 10.5. The minimum Gasteiger partial charge on any atom is -0.481 e. The van der Waals surface area contributed by atoms with Gasteiger partial charge in [0.1, 0.15) is 0 Å². The predicted molar refractivity (Wildman–Crippen MR) is 69.6 cm³/mol. The van der Waals surface area contributed by atoms with Gasteiger partial charge in [-0.3, -0.25) is 4.79 Å². The highest BCUT2D eigenvalue weighted by Gasteiger charge is 2.27. The first-order valence-corrected chi connectivity index (χ1v) is 5.75. The van der Waals surface area contributed by atoms with Crippen molar-refractivity contribution in [1.29, 1.82) is 0 Å². The summed E-state index contributed by atoms with van der Waals surface area (Å²) in [5.74, 6) is -0.807. The molecule has 0 aromatic heterocycles. The van der Waals surface area contributed by atoms with Gasteiger partial charge in [0.25, 0.3) is 0 Å². The SMILES string of the molecule is Cl.O=C(O)C1CCN(CCc2ccccc2)C1. The molecule has 1 saturated heterocycles. The molecule has 1 aliphatic rings. The van der Waals surface area contributed by atoms with E-state index in [1.807, 2.05) is 18.2 Å². The van der Waals surface area contributed by atoms with Crippen LogP contribution in [0, 0.1) is 5.92 Å². The van der Waals surface area contributed by atoms with Gasteiger partial charge >= 0.3 is 5.97 Å². The average molecular weight is 256 g/mol. The zero-order chi connectivity index (χ0) is 11.4. The standard InChI is InChI=1S/C13H17NO2.ClH/c15-13(16)12-7-9-14(10-12)8-6-11-4-2-1-3-5-11;/h1-5,12H,6-10H2,(H,15,16);1H. The fraction of sp³-hybridized carbons (Fsp3) is 0.462. The van der Waals surface area contributed by atoms with Crippen LogP contribution in [-0.4, -0.2) is 35.6 Å². The van der Waals surface area contributed by atoms with Crippen molar-refractivity contribution in [2.24, 2.45) is 5.92 Å². The lowest BCUT2D eigenvalue weighted by atomic mass is 10.1. The van der Waals surface area contributed by atoms with E-state index in [-0.39, 0.29) is 18.3 Å². The van der Waals surface area contributed by atoms with Crippen molar-refractivity contribution < 1.29 is 9.90 Å². The van der Waals surface area contributed by atoms with Crippen LogP contribution in [0.3, 0.4) is 0 Å². The maximum Gasteiger partial charge on any atom is 0.307 e. The monoisotopic (exact) mass is 255 g/mol. The molecule has 0 aliphatic carbocycles. The van der Waals surface area contributed by atoms with Crippen molar-refractivity contribution in [3.8, 4) is 0 Å². The largest absolute Gasteiger partial charge is 0.481 e. The minimum atomic E-state index is -0.651. The third-order valence-electron chi connectivity index (χ3n) is 3.18. The second-order valence-electron chi connectivity index (χ2n) is 4.36. The zero-order valence-electron chi connectivity index (χ0n) is 9.71. The molecule has 4 heteroatoms. The van der Waals surface area contributed by atoms with Crippen LogP contribution in [0.15, 0.2) is 30.3 Å². The van der Waals surface area contributed by atoms with E-state index in [0.717, 1.165) is 25.9 Å². The van der Waals surface area contributed by atoms with Crippen LogP contribution in [-0.2, 0) is 11.2 Å². The van der Waals surface area contributed by atoms with Gasteiger partial charge in [-0.1, -0.05) is 30.3 Å². The highest BCUT2D eigenvalue weighted by molar-refractivity contribution is 5.85. The number of nitrogens with zero attached hydrogens (tertiary/aromatic N) is 1. The summed E-state index contributed by atoms with van der Waals surface area (Å²) in [6.45, 7) is 2.60. The molecule has 94 valence electrons. The third kappa shape index (κ3) is 4.02. The van der Waals surface area contributed by atoms with Gasteiger partial charge in [0.15, 0.2) is 0 Å². The number of carbonyl (C=O) groups is 1. The number of carboxylic acid groups (broad SMARTS) is 1. The van der Waals surface area contributed by atoms with E-state index >= 15 is 0 Å². The van der Waals surface area contributed by atoms with Crippen molar-refractivity contribution in [3.05, 3.63) is 35.9 Å². The topological polar surface area (TPSA) is 40.5 Å². The molecule has 1 fully saturated rings. The summed E-state index contributed by atoms with van der Waals surface area (Å²) >= 11 is 0. The van der Waals surface area contributed by atoms with Crippen LogP contribution in [0.2, 0.25) is 0 Å². The van der Waals surface area contributed by atoms with Crippen molar-refractivity contribution in [2.45, 2.75) is 12.8 Å². The van der Waals surface area contributed by atoms with E-state index in [4.69, 9.17) is 5.11 Å². The van der Waals surface area contributed by atoms with Gasteiger partial charge in [0.05, 0.1) is 5.92 Å². The molecule has 1 aliphatic heterocycles. The number of likely N-dealkylation sites (tertiary alicyclic amines) is 1. The molecule has 2 rings (SSSR count). The number of benzene rings is 1. The van der Waals surface area contributed by atoms with E-state index in [9.17, 15) is 4.79 Å². The Morgan fingerprint density at radius 2 is 2.06 bits per heavy atom. The summed E-state index contributed by atoms with van der Waals surface area (Å²) in [4.78, 5) is 13.0. The summed E-state index contributed by atoms with van der Waals surface area (Å²) in [6.07, 6.45) is 1.80. The number of rotatable bonds is 4. The molecule has 1 unspecified atom stereocenters. The number of hydrogen-bond donors (Lipinski definition) is 1. The molecular formula is C13H18ClNO2. The molecule has 0 radical (unpaired) electrons. The van der Waals surface area contributed by atoms with Gasteiger partial charge < -0.3 is 10.0 Å². The number of hydrogen-bond acceptors (Lipinski definition) is 2. The molecule has 1 heterocycles. The summed E-state index contributed by atoms with van der Waals surface area (Å²) in [6, 6.07) is 10.3. The Balaban J connectivity index is 0.00000144. The molecule has 1 aromatic carbocycles. The maximum atomic E-state index is 10.8. The van der Waals surface area contributed by atoms with Gasteiger partial charge in [-0.25, -0.2) is 0 Å². The second kappa shape index (κ2) is 6.62. The maximum absolute atomic E-state index is 10.8. The lowest BCUT2D eigenvalue weighted by molar-refractivity contribution is -0.141. The molecule has 0 bridgehead atoms. The van der Waals surface area contributed by atoms with Crippen molar-refractivity contribution >= 4 is 18.4 Å². The molecular weight excluding hydrogens is 238 g/mol. The Morgan fingerprint density at radius 1 is 1.35 bits per heavy atom. The summed E-state index contributed by atoms with van der Waals surface area (Å²) < 4.78 is 0. The number of carboxylic acids is 1. The Kier molecular flexibility index (Phi) is 5.45. The van der Waals surface area contributed by atoms with Crippen LogP contribution in [0.1, 0.15) is 12.0 Å². The van der Waals surface area contributed by atoms with E-state index in [1.165, 1.54) is 5.56 Å². The second-order valence-corrected chi connectivity index (χ2v) is 4.36. The van der Waals surface area contributed by atoms with Gasteiger partial charge in [0.2, 0.25) is 0 Å². The highest BCUT2D eigenvalue weighted by Crippen LogP contribution is 2.16. The Bertz CT molecular complexity index is 356. The molecule has 1 N–H and O–H groups in total. The lowest BCUT2D eigenvalue weighted by Crippen LogP contribution is -2.25. The highest BCUT2D eigenvalue weighted by atomic mass is 35.5. The molecule has 1 atom stereocenters. The van der Waals surface area contributed by atoms with Crippen LogP contribution in [0.4, 0.5) is 0 Å². The number of halogens is 1. The van der Waals surface area contributed by atoms with Crippen LogP contribution >= 0.6 is 12.4 Å². The van der Waals surface area contributed by atoms with E-state index in [0.29, 0.717) is 6.54 Å². The fourth-order valence-corrected chi connectivity index (χ4v) is 2.17. The smallest absolute Gasteiger partial charge is 0.307 e. The number of aliphatic carboxylic acids is 1. The van der Waals surface area contributed by atoms with Crippen LogP contribution < -0.4 is 0 Å². The predicted octanol–water partition coefficient (Wildman–Crippen LogP) is 2.06. The Labute approximate surface area is 108 Å². The Hall–Kier alpha value is -1.06. The summed E-state index contributed by atoms with van der Waals surface area (Å²) in [7, 11) is 0. The summed E-state index contributed by atoms with van der Waals surface area (Å²) in [5.41, 5.74) is 1.32. The van der Waals surface area contributed by atoms with E-state index < -0.39 is 5.97 Å². The van der Waals surface area contributed by atoms with Gasteiger partial charge in [-0.15, -0.1) is 12.4 Å². The van der Waals surface area contributed by atoms with Gasteiger partial charge in [-0.2, -0.15) is 0 Å². The van der Waals surface area contributed by atoms with E-state index in [2.05, 4.69) is 17.0 Å². The third-order valence-corrected chi connectivity index (χ3v) is 3.18. The van der Waals surface area contributed by atoms with Gasteiger partial charge in [-0.05, 0) is 24.9 Å². The van der Waals surface area contributed by atoms with Crippen molar-refractivity contribution in [3.63, 3.8) is 0 Å². The summed E-state index contributed by atoms with van der Waals surface area (Å²) in [5, 5.41) is 8.89. The minimum absolute atomic E-state index is 0. The van der Waals surface area contributed by atoms with Crippen molar-refractivity contribution in [2.75, 3.05) is 19.6 Å². The average Bonchev–Trinajstić information content (AvgIpc) is 2.76. The molecule has 0 amide bonds. The van der Waals surface area contributed by atoms with Crippen LogP contribution in [0.25, 0.3) is 0 Å². The van der Waals surface area contributed by atoms with Gasteiger partial charge in [0, 0.05) is 13.1 Å². The molecule has 3 nitrogen and oxygen atoms in total. The first-order valence-electron chi connectivity index (χ1n) is 5.75. The molecule has 0 spiro atoms. The first kappa shape index (κ1) is 14.0. The first-order chi connectivity index (χ1) is 7.75. The van der Waals surface area contributed by atoms with Crippen LogP contribution in [0.5, 0.6) is 0 Å². The lowest BCUT2D eigenvalue weighted by Gasteiger charge is -2.14. The van der Waals surface area contributed by atoms with Crippen molar-refractivity contribution in [1.82, 2.24) is 4.90 Å². The fourth-order valence-electron chi connectivity index (χ4n) is 2.17. The Morgan fingerprint density at radius 3 is 2.65 bits per heavy atom. The van der Waals surface area contributed by atoms with E-state index in [1.54, 1.807) is 0 Å². The molecule has 0 saturated carbocycles. The normalized spacial score (nSPS) is 19.9. The molecule has 17 heavy (non-hydrogen) atoms. The molecule has 1 aromatic rings. The quantitative estimate of drug-likeness (QED) is 0.895.